The zero-order chi connectivity index (χ0) is 19.4. The van der Waals surface area contributed by atoms with Gasteiger partial charge in [0.25, 0.3) is 0 Å². The molecular weight excluding hydrogens is 382 g/mol. The van der Waals surface area contributed by atoms with E-state index in [2.05, 4.69) is 9.71 Å². The molecule has 1 aromatic heterocycles. The fourth-order valence-electron chi connectivity index (χ4n) is 2.56. The first-order valence-corrected chi connectivity index (χ1v) is 10.8. The second kappa shape index (κ2) is 8.16. The third-order valence-corrected chi connectivity index (χ3v) is 6.60. The summed E-state index contributed by atoms with van der Waals surface area (Å²) in [5, 5.41) is 0.854. The number of thiazole rings is 1. The number of carbonyl (C=O) groups is 1. The number of aromatic nitrogens is 1. The van der Waals surface area contributed by atoms with Crippen LogP contribution in [-0.4, -0.2) is 37.8 Å². The molecule has 3 aromatic rings. The van der Waals surface area contributed by atoms with E-state index in [9.17, 15) is 13.2 Å². The highest BCUT2D eigenvalue weighted by Gasteiger charge is 2.16. The molecule has 0 saturated carbocycles. The van der Waals surface area contributed by atoms with E-state index < -0.39 is 10.0 Å². The summed E-state index contributed by atoms with van der Waals surface area (Å²) < 4.78 is 28.0. The lowest BCUT2D eigenvalue weighted by molar-refractivity contribution is -0.130. The van der Waals surface area contributed by atoms with E-state index in [1.54, 1.807) is 47.5 Å². The van der Waals surface area contributed by atoms with Crippen LogP contribution in [0.1, 0.15) is 17.0 Å². The molecule has 142 valence electrons. The van der Waals surface area contributed by atoms with Crippen molar-refractivity contribution in [1.82, 2.24) is 14.6 Å². The molecule has 0 unspecified atom stereocenters. The van der Waals surface area contributed by atoms with E-state index >= 15 is 0 Å². The van der Waals surface area contributed by atoms with Crippen LogP contribution in [0.15, 0.2) is 53.4 Å². The first kappa shape index (κ1) is 19.5. The largest absolute Gasteiger partial charge is 0.339 e. The Balaban J connectivity index is 1.53. The predicted octanol–water partition coefficient (Wildman–Crippen LogP) is 2.93. The van der Waals surface area contributed by atoms with Gasteiger partial charge in [-0.05, 0) is 31.2 Å². The molecule has 1 N–H and O–H groups in total. The lowest BCUT2D eigenvalue weighted by Crippen LogP contribution is -2.31. The predicted molar refractivity (Wildman–Crippen MR) is 107 cm³/mol. The van der Waals surface area contributed by atoms with Crippen molar-refractivity contribution in [3.8, 4) is 0 Å². The highest BCUT2D eigenvalue weighted by molar-refractivity contribution is 7.89. The minimum Gasteiger partial charge on any atom is -0.339 e. The quantitative estimate of drug-likeness (QED) is 0.658. The molecule has 3 rings (SSSR count). The highest BCUT2D eigenvalue weighted by atomic mass is 32.2. The van der Waals surface area contributed by atoms with Crippen LogP contribution in [0.25, 0.3) is 10.2 Å². The van der Waals surface area contributed by atoms with Crippen molar-refractivity contribution in [3.05, 3.63) is 59.1 Å². The van der Waals surface area contributed by atoms with Crippen LogP contribution in [0.4, 0.5) is 0 Å². The molecule has 27 heavy (non-hydrogen) atoms. The fourth-order valence-corrected chi connectivity index (χ4v) is 4.62. The number of sulfonamides is 1. The summed E-state index contributed by atoms with van der Waals surface area (Å²) in [6.45, 7) is 2.35. The van der Waals surface area contributed by atoms with Crippen LogP contribution in [0, 0.1) is 6.92 Å². The molecule has 0 aliphatic rings. The van der Waals surface area contributed by atoms with Crippen LogP contribution in [0.2, 0.25) is 0 Å². The van der Waals surface area contributed by atoms with Gasteiger partial charge >= 0.3 is 0 Å². The molecule has 0 aliphatic carbocycles. The average Bonchev–Trinajstić information content (AvgIpc) is 3.04. The third kappa shape index (κ3) is 4.91. The Morgan fingerprint density at radius 1 is 1.15 bits per heavy atom. The zero-order valence-corrected chi connectivity index (χ0v) is 16.8. The summed E-state index contributed by atoms with van der Waals surface area (Å²) in [5.41, 5.74) is 1.91. The van der Waals surface area contributed by atoms with Crippen molar-refractivity contribution in [2.24, 2.45) is 0 Å². The van der Waals surface area contributed by atoms with Gasteiger partial charge in [0.2, 0.25) is 15.9 Å². The smallest absolute Gasteiger partial charge is 0.240 e. The van der Waals surface area contributed by atoms with E-state index in [-0.39, 0.29) is 23.8 Å². The molecule has 0 spiro atoms. The maximum absolute atomic E-state index is 12.3. The molecule has 8 heteroatoms. The number of benzene rings is 2. The number of rotatable bonds is 7. The fraction of sp³-hybridized carbons (Fsp3) is 0.263. The van der Waals surface area contributed by atoms with Crippen molar-refractivity contribution in [1.29, 1.82) is 0 Å². The Labute approximate surface area is 162 Å². The number of hydrogen-bond donors (Lipinski definition) is 1. The molecule has 0 atom stereocenters. The first-order chi connectivity index (χ1) is 12.8. The minimum atomic E-state index is -3.61. The number of fused-ring (bicyclic) bond motifs is 1. The zero-order valence-electron chi connectivity index (χ0n) is 15.2. The van der Waals surface area contributed by atoms with Gasteiger partial charge in [-0.3, -0.25) is 4.79 Å². The standard InChI is InChI=1S/C19H21N3O3S2/c1-14-7-9-15(10-8-14)27(24,25)20-12-11-19(23)22(2)13-18-21-16-5-3-4-6-17(16)26-18/h3-10,20H,11-13H2,1-2H3. The molecule has 0 radical (unpaired) electrons. The van der Waals surface area contributed by atoms with Gasteiger partial charge in [0.1, 0.15) is 5.01 Å². The van der Waals surface area contributed by atoms with E-state index in [1.807, 2.05) is 31.2 Å². The van der Waals surface area contributed by atoms with E-state index in [1.165, 1.54) is 0 Å². The molecule has 1 heterocycles. The van der Waals surface area contributed by atoms with Crippen LogP contribution < -0.4 is 4.72 Å². The van der Waals surface area contributed by atoms with Crippen LogP contribution in [0.5, 0.6) is 0 Å². The van der Waals surface area contributed by atoms with Crippen molar-refractivity contribution < 1.29 is 13.2 Å². The normalized spacial score (nSPS) is 11.6. The van der Waals surface area contributed by atoms with Gasteiger partial charge in [0.15, 0.2) is 0 Å². The van der Waals surface area contributed by atoms with Gasteiger partial charge in [-0.15, -0.1) is 11.3 Å². The number of para-hydroxylation sites is 1. The Kier molecular flexibility index (Phi) is 5.88. The molecule has 0 saturated heterocycles. The third-order valence-electron chi connectivity index (χ3n) is 4.10. The topological polar surface area (TPSA) is 79.4 Å². The molecule has 0 aliphatic heterocycles. The van der Waals surface area contributed by atoms with Gasteiger partial charge in [0.05, 0.1) is 21.7 Å². The summed E-state index contributed by atoms with van der Waals surface area (Å²) in [6, 6.07) is 14.4. The highest BCUT2D eigenvalue weighted by Crippen LogP contribution is 2.22. The number of aryl methyl sites for hydroxylation is 1. The molecular formula is C19H21N3O3S2. The van der Waals surface area contributed by atoms with Crippen LogP contribution in [0.3, 0.4) is 0 Å². The molecule has 2 aromatic carbocycles. The number of nitrogens with one attached hydrogen (secondary N) is 1. The lowest BCUT2D eigenvalue weighted by atomic mass is 10.2. The minimum absolute atomic E-state index is 0.0548. The van der Waals surface area contributed by atoms with Gasteiger partial charge in [-0.25, -0.2) is 18.1 Å². The Morgan fingerprint density at radius 3 is 2.56 bits per heavy atom. The number of hydrogen-bond acceptors (Lipinski definition) is 5. The van der Waals surface area contributed by atoms with Crippen molar-refractivity contribution >= 4 is 37.5 Å². The van der Waals surface area contributed by atoms with Crippen molar-refractivity contribution in [3.63, 3.8) is 0 Å². The Morgan fingerprint density at radius 2 is 1.85 bits per heavy atom. The number of amides is 1. The number of nitrogens with zero attached hydrogens (tertiary/aromatic N) is 2. The summed E-state index contributed by atoms with van der Waals surface area (Å²) in [5.74, 6) is -0.138. The maximum atomic E-state index is 12.3. The molecule has 0 bridgehead atoms. The number of carbonyl (C=O) groups excluding carboxylic acids is 1. The molecule has 0 fully saturated rings. The summed E-state index contributed by atoms with van der Waals surface area (Å²) in [7, 11) is -1.91. The Bertz CT molecular complexity index is 1010. The average molecular weight is 404 g/mol. The van der Waals surface area contributed by atoms with Crippen molar-refractivity contribution in [2.75, 3.05) is 13.6 Å². The van der Waals surface area contributed by atoms with Gasteiger partial charge in [0, 0.05) is 20.0 Å². The van der Waals surface area contributed by atoms with E-state index in [0.29, 0.717) is 6.54 Å². The molecule has 6 nitrogen and oxygen atoms in total. The maximum Gasteiger partial charge on any atom is 0.240 e. The summed E-state index contributed by atoms with van der Waals surface area (Å²) >= 11 is 1.55. The van der Waals surface area contributed by atoms with Crippen molar-refractivity contribution in [2.45, 2.75) is 24.8 Å². The lowest BCUT2D eigenvalue weighted by Gasteiger charge is -2.15. The second-order valence-corrected chi connectivity index (χ2v) is 9.17. The van der Waals surface area contributed by atoms with Gasteiger partial charge in [-0.1, -0.05) is 29.8 Å². The summed E-state index contributed by atoms with van der Waals surface area (Å²) in [4.78, 5) is 18.6. The second-order valence-electron chi connectivity index (χ2n) is 6.29. The van der Waals surface area contributed by atoms with E-state index in [0.717, 1.165) is 20.8 Å². The molecule has 1 amide bonds. The SMILES string of the molecule is Cc1ccc(S(=O)(=O)NCCC(=O)N(C)Cc2nc3ccccc3s2)cc1. The van der Waals surface area contributed by atoms with Crippen LogP contribution in [-0.2, 0) is 21.4 Å². The van der Waals surface area contributed by atoms with Gasteiger partial charge in [-0.2, -0.15) is 0 Å². The Hall–Kier alpha value is -2.29. The monoisotopic (exact) mass is 403 g/mol. The van der Waals surface area contributed by atoms with Gasteiger partial charge < -0.3 is 4.90 Å². The van der Waals surface area contributed by atoms with E-state index in [4.69, 9.17) is 0 Å². The van der Waals surface area contributed by atoms with Crippen LogP contribution >= 0.6 is 11.3 Å². The summed E-state index contributed by atoms with van der Waals surface area (Å²) in [6.07, 6.45) is 0.0898. The first-order valence-electron chi connectivity index (χ1n) is 8.50.